The number of rotatable bonds is 3. The summed E-state index contributed by atoms with van der Waals surface area (Å²) in [5, 5.41) is 5.18. The van der Waals surface area contributed by atoms with Crippen molar-refractivity contribution in [1.29, 1.82) is 0 Å². The first-order chi connectivity index (χ1) is 15.0. The third kappa shape index (κ3) is 3.21. The minimum atomic E-state index is -0.162. The topological polar surface area (TPSA) is 84.5 Å². The van der Waals surface area contributed by atoms with E-state index in [0.717, 1.165) is 17.5 Å². The van der Waals surface area contributed by atoms with E-state index in [-0.39, 0.29) is 18.4 Å². The number of nitrogens with two attached hydrogens (primary N) is 1. The molecule has 2 aliphatic heterocycles. The molecule has 5 rings (SSSR count). The molecule has 7 nitrogen and oxygen atoms in total. The van der Waals surface area contributed by atoms with Crippen LogP contribution in [0.5, 0.6) is 0 Å². The van der Waals surface area contributed by atoms with E-state index in [1.165, 1.54) is 0 Å². The maximum Gasteiger partial charge on any atom is 0.277 e. The quantitative estimate of drug-likeness (QED) is 0.685. The molecule has 0 atom stereocenters. The highest BCUT2D eigenvalue weighted by Gasteiger charge is 2.33. The molecular weight excluding hydrogens is 414 g/mol. The number of fused-ring (bicyclic) bond motifs is 2. The standard InChI is InChI=1S/C23H22ClN5O2/c1-27-9-7-14-5-6-16(12-19(14)22(27)30)28-10-8-18-20(13-25)26-29(21(18)23(28)31)17-4-2-3-15(24)11-17/h2-6,11-12H,7-10,13,25H2,1H3. The lowest BCUT2D eigenvalue weighted by molar-refractivity contribution is 0.0780. The average molecular weight is 436 g/mol. The number of benzene rings is 2. The van der Waals surface area contributed by atoms with Crippen LogP contribution in [-0.4, -0.2) is 46.6 Å². The molecule has 158 valence electrons. The van der Waals surface area contributed by atoms with Crippen molar-refractivity contribution in [3.05, 3.63) is 75.6 Å². The molecule has 3 heterocycles. The molecule has 0 radical (unpaired) electrons. The molecular formula is C23H22ClN5O2. The Bertz CT molecular complexity index is 1220. The normalized spacial score (nSPS) is 15.8. The lowest BCUT2D eigenvalue weighted by Gasteiger charge is -2.30. The van der Waals surface area contributed by atoms with Crippen molar-refractivity contribution < 1.29 is 9.59 Å². The molecule has 0 fully saturated rings. The van der Waals surface area contributed by atoms with Gasteiger partial charge in [0, 0.05) is 48.5 Å². The summed E-state index contributed by atoms with van der Waals surface area (Å²) in [4.78, 5) is 29.7. The fraction of sp³-hybridized carbons (Fsp3) is 0.261. The second-order valence-corrected chi connectivity index (χ2v) is 8.33. The van der Waals surface area contributed by atoms with E-state index in [0.29, 0.717) is 52.9 Å². The Morgan fingerprint density at radius 2 is 1.87 bits per heavy atom. The van der Waals surface area contributed by atoms with Gasteiger partial charge in [-0.2, -0.15) is 5.10 Å². The molecule has 0 spiro atoms. The SMILES string of the molecule is CN1CCc2ccc(N3CCc4c(CN)nn(-c5cccc(Cl)c5)c4C3=O)cc2C1=O. The van der Waals surface area contributed by atoms with Crippen molar-refractivity contribution >= 4 is 29.1 Å². The average Bonchev–Trinajstić information content (AvgIpc) is 3.16. The molecule has 0 bridgehead atoms. The first-order valence-electron chi connectivity index (χ1n) is 10.2. The Morgan fingerprint density at radius 3 is 2.65 bits per heavy atom. The van der Waals surface area contributed by atoms with Crippen LogP contribution in [-0.2, 0) is 19.4 Å². The summed E-state index contributed by atoms with van der Waals surface area (Å²) in [5.41, 5.74) is 11.1. The van der Waals surface area contributed by atoms with Gasteiger partial charge in [-0.1, -0.05) is 23.7 Å². The van der Waals surface area contributed by atoms with Crippen LogP contribution in [0, 0.1) is 0 Å². The van der Waals surface area contributed by atoms with Gasteiger partial charge in [0.15, 0.2) is 0 Å². The Morgan fingerprint density at radius 1 is 1.03 bits per heavy atom. The second-order valence-electron chi connectivity index (χ2n) is 7.89. The van der Waals surface area contributed by atoms with Crippen LogP contribution >= 0.6 is 11.6 Å². The Labute approximate surface area is 185 Å². The lowest BCUT2D eigenvalue weighted by atomic mass is 9.97. The predicted octanol–water partition coefficient (Wildman–Crippen LogP) is 2.82. The molecule has 2 aliphatic rings. The number of halogens is 1. The van der Waals surface area contributed by atoms with Crippen molar-refractivity contribution in [2.45, 2.75) is 19.4 Å². The number of carbonyl (C=O) groups excluding carboxylic acids is 2. The Hall–Kier alpha value is -3.16. The van der Waals surface area contributed by atoms with Crippen LogP contribution in [0.3, 0.4) is 0 Å². The fourth-order valence-corrected chi connectivity index (χ4v) is 4.57. The summed E-state index contributed by atoms with van der Waals surface area (Å²) in [6.07, 6.45) is 1.45. The Kier molecular flexibility index (Phi) is 4.79. The molecule has 0 saturated carbocycles. The largest absolute Gasteiger partial charge is 0.341 e. The zero-order valence-corrected chi connectivity index (χ0v) is 17.9. The maximum absolute atomic E-state index is 13.6. The van der Waals surface area contributed by atoms with E-state index >= 15 is 0 Å². The minimum absolute atomic E-state index is 0.0114. The number of hydrogen-bond donors (Lipinski definition) is 1. The van der Waals surface area contributed by atoms with Gasteiger partial charge in [0.25, 0.3) is 11.8 Å². The lowest BCUT2D eigenvalue weighted by Crippen LogP contribution is -2.39. The van der Waals surface area contributed by atoms with Crippen molar-refractivity contribution in [3.63, 3.8) is 0 Å². The molecule has 0 saturated heterocycles. The van der Waals surface area contributed by atoms with E-state index in [9.17, 15) is 9.59 Å². The van der Waals surface area contributed by atoms with E-state index in [1.54, 1.807) is 33.7 Å². The zero-order valence-electron chi connectivity index (χ0n) is 17.1. The zero-order chi connectivity index (χ0) is 21.7. The molecule has 1 aromatic heterocycles. The molecule has 2 N–H and O–H groups in total. The first kappa shape index (κ1) is 19.8. The molecule has 0 unspecified atom stereocenters. The second kappa shape index (κ2) is 7.51. The van der Waals surface area contributed by atoms with Gasteiger partial charge in [-0.3, -0.25) is 9.59 Å². The first-order valence-corrected chi connectivity index (χ1v) is 10.6. The van der Waals surface area contributed by atoms with Crippen LogP contribution in [0.15, 0.2) is 42.5 Å². The van der Waals surface area contributed by atoms with Gasteiger partial charge in [0.1, 0.15) is 5.69 Å². The molecule has 2 aromatic carbocycles. The molecule has 3 aromatic rings. The van der Waals surface area contributed by atoms with E-state index in [2.05, 4.69) is 5.10 Å². The highest BCUT2D eigenvalue weighted by molar-refractivity contribution is 6.30. The van der Waals surface area contributed by atoms with Gasteiger partial charge in [0.2, 0.25) is 0 Å². The number of amides is 2. The minimum Gasteiger partial charge on any atom is -0.341 e. The Balaban J connectivity index is 1.58. The van der Waals surface area contributed by atoms with Crippen molar-refractivity contribution in [3.8, 4) is 5.69 Å². The van der Waals surface area contributed by atoms with Crippen LogP contribution in [0.1, 0.15) is 37.7 Å². The van der Waals surface area contributed by atoms with E-state index in [4.69, 9.17) is 17.3 Å². The van der Waals surface area contributed by atoms with Gasteiger partial charge in [-0.05, 0) is 48.7 Å². The van der Waals surface area contributed by atoms with Crippen LogP contribution in [0.4, 0.5) is 5.69 Å². The third-order valence-electron chi connectivity index (χ3n) is 6.04. The van der Waals surface area contributed by atoms with Gasteiger partial charge in [-0.25, -0.2) is 4.68 Å². The van der Waals surface area contributed by atoms with Crippen LogP contribution in [0.2, 0.25) is 5.02 Å². The van der Waals surface area contributed by atoms with Gasteiger partial charge in [0.05, 0.1) is 11.4 Å². The van der Waals surface area contributed by atoms with Gasteiger partial charge < -0.3 is 15.5 Å². The molecule has 2 amide bonds. The molecule has 8 heteroatoms. The maximum atomic E-state index is 13.6. The summed E-state index contributed by atoms with van der Waals surface area (Å²) < 4.78 is 1.63. The number of anilines is 1. The number of nitrogens with zero attached hydrogens (tertiary/aromatic N) is 4. The highest BCUT2D eigenvalue weighted by atomic mass is 35.5. The number of hydrogen-bond acceptors (Lipinski definition) is 4. The van der Waals surface area contributed by atoms with Crippen LogP contribution in [0.25, 0.3) is 5.69 Å². The third-order valence-corrected chi connectivity index (χ3v) is 6.28. The van der Waals surface area contributed by atoms with Crippen molar-refractivity contribution in [1.82, 2.24) is 14.7 Å². The predicted molar refractivity (Wildman–Crippen MR) is 119 cm³/mol. The van der Waals surface area contributed by atoms with E-state index < -0.39 is 0 Å². The number of likely N-dealkylation sites (N-methyl/N-ethyl adjacent to an activating group) is 1. The van der Waals surface area contributed by atoms with Gasteiger partial charge >= 0.3 is 0 Å². The summed E-state index contributed by atoms with van der Waals surface area (Å²) in [6, 6.07) is 12.9. The van der Waals surface area contributed by atoms with Crippen molar-refractivity contribution in [2.75, 3.05) is 25.0 Å². The summed E-state index contributed by atoms with van der Waals surface area (Å²) >= 11 is 6.18. The van der Waals surface area contributed by atoms with Gasteiger partial charge in [-0.15, -0.1) is 0 Å². The number of aromatic nitrogens is 2. The van der Waals surface area contributed by atoms with Crippen LogP contribution < -0.4 is 10.6 Å². The summed E-state index contributed by atoms with van der Waals surface area (Å²) in [5.74, 6) is -0.173. The van der Waals surface area contributed by atoms with Crippen molar-refractivity contribution in [2.24, 2.45) is 5.73 Å². The summed E-state index contributed by atoms with van der Waals surface area (Å²) in [7, 11) is 1.80. The monoisotopic (exact) mass is 435 g/mol. The fourth-order valence-electron chi connectivity index (χ4n) is 4.38. The van der Waals surface area contributed by atoms with E-state index in [1.807, 2.05) is 30.3 Å². The smallest absolute Gasteiger partial charge is 0.277 e. The summed E-state index contributed by atoms with van der Waals surface area (Å²) in [6.45, 7) is 1.46. The molecule has 0 aliphatic carbocycles. The highest BCUT2D eigenvalue weighted by Crippen LogP contribution is 2.31. The molecule has 31 heavy (non-hydrogen) atoms. The number of carbonyl (C=O) groups is 2.